The zero-order valence-corrected chi connectivity index (χ0v) is 12.5. The number of thiophene rings is 1. The van der Waals surface area contributed by atoms with Gasteiger partial charge in [-0.3, -0.25) is 4.90 Å². The molecule has 0 spiro atoms. The van der Waals surface area contributed by atoms with Gasteiger partial charge < -0.3 is 9.73 Å². The van der Waals surface area contributed by atoms with E-state index in [0.717, 1.165) is 42.6 Å². The fraction of sp³-hybridized carbons (Fsp3) is 0.462. The summed E-state index contributed by atoms with van der Waals surface area (Å²) in [5.41, 5.74) is 1.02. The summed E-state index contributed by atoms with van der Waals surface area (Å²) >= 11 is 1.66. The third-order valence-electron chi connectivity index (χ3n) is 3.12. The first kappa shape index (κ1) is 14.5. The molecule has 1 fully saturated rings. The van der Waals surface area contributed by atoms with Gasteiger partial charge in [-0.2, -0.15) is 0 Å². The lowest BCUT2D eigenvalue weighted by Gasteiger charge is -2.31. The highest BCUT2D eigenvalue weighted by molar-refractivity contribution is 7.13. The summed E-state index contributed by atoms with van der Waals surface area (Å²) in [6, 6.07) is 4.61. The second kappa shape index (κ2) is 6.52. The summed E-state index contributed by atoms with van der Waals surface area (Å²) in [4.78, 5) is 8.06. The Morgan fingerprint density at radius 3 is 3.21 bits per heavy atom. The number of piperazine rings is 1. The molecule has 0 amide bonds. The summed E-state index contributed by atoms with van der Waals surface area (Å²) in [7, 11) is 0. The summed E-state index contributed by atoms with van der Waals surface area (Å²) in [5.74, 6) is 0.739. The Labute approximate surface area is 123 Å². The molecule has 0 aliphatic carbocycles. The van der Waals surface area contributed by atoms with Gasteiger partial charge in [-0.1, -0.05) is 6.07 Å². The van der Waals surface area contributed by atoms with Gasteiger partial charge in [-0.05, 0) is 18.4 Å². The lowest BCUT2D eigenvalue weighted by molar-refractivity contribution is 0.197. The van der Waals surface area contributed by atoms with Crippen LogP contribution in [0.25, 0.3) is 10.8 Å². The van der Waals surface area contributed by atoms with Gasteiger partial charge >= 0.3 is 0 Å². The average Bonchev–Trinajstić information content (AvgIpc) is 2.98. The molecule has 0 radical (unpaired) electrons. The molecule has 6 heteroatoms. The van der Waals surface area contributed by atoms with Crippen LogP contribution < -0.4 is 5.32 Å². The highest BCUT2D eigenvalue weighted by Gasteiger charge is 2.17. The maximum Gasteiger partial charge on any atom is 0.236 e. The molecule has 19 heavy (non-hydrogen) atoms. The Morgan fingerprint density at radius 1 is 1.58 bits per heavy atom. The number of nitrogens with zero attached hydrogens (tertiary/aromatic N) is 2. The molecular weight excluding hydrogens is 282 g/mol. The van der Waals surface area contributed by atoms with E-state index in [9.17, 15) is 0 Å². The van der Waals surface area contributed by atoms with E-state index in [1.165, 1.54) is 0 Å². The predicted octanol–water partition coefficient (Wildman–Crippen LogP) is 2.62. The molecule has 104 valence electrons. The van der Waals surface area contributed by atoms with E-state index in [0.29, 0.717) is 6.04 Å². The Bertz CT molecular complexity index is 500. The van der Waals surface area contributed by atoms with Gasteiger partial charge in [0.25, 0.3) is 0 Å². The first-order valence-electron chi connectivity index (χ1n) is 6.25. The topological polar surface area (TPSA) is 41.3 Å². The van der Waals surface area contributed by atoms with Gasteiger partial charge in [0, 0.05) is 32.2 Å². The van der Waals surface area contributed by atoms with Gasteiger partial charge in [0.1, 0.15) is 6.26 Å². The van der Waals surface area contributed by atoms with Gasteiger partial charge in [0.15, 0.2) is 0 Å². The molecule has 1 aliphatic rings. The zero-order chi connectivity index (χ0) is 12.4. The molecule has 0 bridgehead atoms. The minimum Gasteiger partial charge on any atom is -0.444 e. The van der Waals surface area contributed by atoms with Crippen molar-refractivity contribution in [3.8, 4) is 10.8 Å². The molecule has 3 heterocycles. The first-order valence-corrected chi connectivity index (χ1v) is 7.13. The third-order valence-corrected chi connectivity index (χ3v) is 3.98. The van der Waals surface area contributed by atoms with Crippen LogP contribution in [0.1, 0.15) is 12.6 Å². The third kappa shape index (κ3) is 3.57. The van der Waals surface area contributed by atoms with E-state index < -0.39 is 0 Å². The Morgan fingerprint density at radius 2 is 2.47 bits per heavy atom. The van der Waals surface area contributed by atoms with Gasteiger partial charge in [0.05, 0.1) is 10.6 Å². The number of nitrogens with one attached hydrogen (secondary N) is 1. The summed E-state index contributed by atoms with van der Waals surface area (Å²) in [5, 5.41) is 5.48. The van der Waals surface area contributed by atoms with Crippen molar-refractivity contribution < 1.29 is 4.42 Å². The second-order valence-electron chi connectivity index (χ2n) is 4.71. The highest BCUT2D eigenvalue weighted by atomic mass is 35.5. The van der Waals surface area contributed by atoms with Crippen LogP contribution in [-0.4, -0.2) is 35.6 Å². The van der Waals surface area contributed by atoms with Crippen molar-refractivity contribution in [1.82, 2.24) is 15.2 Å². The van der Waals surface area contributed by atoms with Gasteiger partial charge in [0.2, 0.25) is 5.89 Å². The summed E-state index contributed by atoms with van der Waals surface area (Å²) < 4.78 is 5.53. The van der Waals surface area contributed by atoms with Crippen molar-refractivity contribution in [2.45, 2.75) is 19.5 Å². The van der Waals surface area contributed by atoms with Crippen LogP contribution in [0.3, 0.4) is 0 Å². The minimum absolute atomic E-state index is 0. The van der Waals surface area contributed by atoms with E-state index in [-0.39, 0.29) is 12.4 Å². The van der Waals surface area contributed by atoms with Crippen LogP contribution in [0, 0.1) is 0 Å². The molecule has 0 aromatic carbocycles. The molecule has 0 saturated carbocycles. The normalized spacial score (nSPS) is 20.2. The number of hydrogen-bond donors (Lipinski definition) is 1. The smallest absolute Gasteiger partial charge is 0.236 e. The van der Waals surface area contributed by atoms with Crippen LogP contribution in [0.5, 0.6) is 0 Å². The lowest BCUT2D eigenvalue weighted by atomic mass is 10.2. The van der Waals surface area contributed by atoms with Crippen molar-refractivity contribution in [3.05, 3.63) is 29.5 Å². The van der Waals surface area contributed by atoms with Crippen LogP contribution in [-0.2, 0) is 6.54 Å². The number of halogens is 1. The van der Waals surface area contributed by atoms with Crippen molar-refractivity contribution in [2.75, 3.05) is 19.6 Å². The number of aromatic nitrogens is 1. The van der Waals surface area contributed by atoms with E-state index in [1.807, 2.05) is 17.5 Å². The maximum absolute atomic E-state index is 5.53. The van der Waals surface area contributed by atoms with Gasteiger partial charge in [-0.25, -0.2) is 4.98 Å². The zero-order valence-electron chi connectivity index (χ0n) is 10.8. The molecule has 1 aliphatic heterocycles. The number of hydrogen-bond acceptors (Lipinski definition) is 5. The quantitative estimate of drug-likeness (QED) is 0.946. The average molecular weight is 300 g/mol. The predicted molar refractivity (Wildman–Crippen MR) is 79.8 cm³/mol. The highest BCUT2D eigenvalue weighted by Crippen LogP contribution is 2.24. The van der Waals surface area contributed by atoms with Crippen molar-refractivity contribution in [3.63, 3.8) is 0 Å². The molecule has 0 unspecified atom stereocenters. The Balaban J connectivity index is 0.00000133. The SMILES string of the molecule is C[C@H]1CN(Cc2coc(-c3cccs3)n2)CCN1.Cl. The van der Waals surface area contributed by atoms with Crippen molar-refractivity contribution >= 4 is 23.7 Å². The molecule has 1 N–H and O–H groups in total. The van der Waals surface area contributed by atoms with E-state index in [4.69, 9.17) is 4.42 Å². The molecule has 2 aromatic heterocycles. The van der Waals surface area contributed by atoms with Crippen LogP contribution >= 0.6 is 23.7 Å². The van der Waals surface area contributed by atoms with Crippen molar-refractivity contribution in [1.29, 1.82) is 0 Å². The summed E-state index contributed by atoms with van der Waals surface area (Å²) in [6.07, 6.45) is 1.78. The largest absolute Gasteiger partial charge is 0.444 e. The van der Waals surface area contributed by atoms with E-state index in [2.05, 4.69) is 22.1 Å². The minimum atomic E-state index is 0. The van der Waals surface area contributed by atoms with E-state index >= 15 is 0 Å². The molecule has 1 atom stereocenters. The second-order valence-corrected chi connectivity index (χ2v) is 5.66. The molecule has 3 rings (SSSR count). The van der Waals surface area contributed by atoms with Crippen LogP contribution in [0.4, 0.5) is 0 Å². The Hall–Kier alpha value is -0.880. The fourth-order valence-corrected chi connectivity index (χ4v) is 2.93. The monoisotopic (exact) mass is 299 g/mol. The Kier molecular flexibility index (Phi) is 4.99. The number of rotatable bonds is 3. The molecular formula is C13H18ClN3OS. The lowest BCUT2D eigenvalue weighted by Crippen LogP contribution is -2.48. The standard InChI is InChI=1S/C13H17N3OS.ClH/c1-10-7-16(5-4-14-10)8-11-9-17-13(15-11)12-3-2-6-18-12;/h2-3,6,9-10,14H,4-5,7-8H2,1H3;1H/t10-;/m0./s1. The fourth-order valence-electron chi connectivity index (χ4n) is 2.28. The summed E-state index contributed by atoms with van der Waals surface area (Å²) in [6.45, 7) is 6.29. The maximum atomic E-state index is 5.53. The number of oxazole rings is 1. The van der Waals surface area contributed by atoms with Crippen LogP contribution in [0.15, 0.2) is 28.2 Å². The first-order chi connectivity index (χ1) is 8.81. The molecule has 1 saturated heterocycles. The molecule has 4 nitrogen and oxygen atoms in total. The van der Waals surface area contributed by atoms with E-state index in [1.54, 1.807) is 17.6 Å². The molecule has 2 aromatic rings. The van der Waals surface area contributed by atoms with Gasteiger partial charge in [-0.15, -0.1) is 23.7 Å². The van der Waals surface area contributed by atoms with Crippen molar-refractivity contribution in [2.24, 2.45) is 0 Å². The van der Waals surface area contributed by atoms with Crippen LogP contribution in [0.2, 0.25) is 0 Å².